The number of hydrogen-bond donors (Lipinski definition) is 1. The summed E-state index contributed by atoms with van der Waals surface area (Å²) in [5.41, 5.74) is 1.39. The van der Waals surface area contributed by atoms with E-state index < -0.39 is 0 Å². The van der Waals surface area contributed by atoms with E-state index in [1.165, 1.54) is 5.56 Å². The number of ether oxygens (including phenoxy) is 1. The maximum absolute atomic E-state index is 5.45. The number of thiol groups is 1. The van der Waals surface area contributed by atoms with E-state index >= 15 is 0 Å². The molecule has 14 heavy (non-hydrogen) atoms. The minimum Gasteiger partial charge on any atom is -0.381 e. The Hall–Kier alpha value is -0.470. The second-order valence-electron chi connectivity index (χ2n) is 3.28. The van der Waals surface area contributed by atoms with E-state index in [0.717, 1.165) is 38.2 Å². The quantitative estimate of drug-likeness (QED) is 0.538. The summed E-state index contributed by atoms with van der Waals surface area (Å²) in [5, 5.41) is 0. The fraction of sp³-hybridized carbons (Fsp3) is 0.500. The molecule has 0 bridgehead atoms. The van der Waals surface area contributed by atoms with Gasteiger partial charge in [-0.1, -0.05) is 30.3 Å². The summed E-state index contributed by atoms with van der Waals surface area (Å²) in [6, 6.07) is 10.5. The van der Waals surface area contributed by atoms with Crippen LogP contribution in [0.3, 0.4) is 0 Å². The number of hydrogen-bond acceptors (Lipinski definition) is 2. The lowest BCUT2D eigenvalue weighted by molar-refractivity contribution is 0.133. The van der Waals surface area contributed by atoms with Crippen LogP contribution in [-0.4, -0.2) is 19.0 Å². The van der Waals surface area contributed by atoms with Crippen LogP contribution in [0.1, 0.15) is 18.4 Å². The summed E-state index contributed by atoms with van der Waals surface area (Å²) in [4.78, 5) is 0. The Kier molecular flexibility index (Phi) is 6.54. The van der Waals surface area contributed by atoms with E-state index in [0.29, 0.717) is 0 Å². The van der Waals surface area contributed by atoms with E-state index in [-0.39, 0.29) is 0 Å². The molecular weight excluding hydrogens is 192 g/mol. The van der Waals surface area contributed by atoms with Crippen LogP contribution in [0.4, 0.5) is 0 Å². The van der Waals surface area contributed by atoms with Crippen molar-refractivity contribution in [3.63, 3.8) is 0 Å². The Labute approximate surface area is 91.9 Å². The molecule has 0 aliphatic heterocycles. The van der Waals surface area contributed by atoms with Crippen molar-refractivity contribution in [3.8, 4) is 0 Å². The Morgan fingerprint density at radius 2 is 1.71 bits per heavy atom. The lowest BCUT2D eigenvalue weighted by Crippen LogP contribution is -1.99. The Morgan fingerprint density at radius 3 is 2.43 bits per heavy atom. The fourth-order valence-electron chi connectivity index (χ4n) is 1.29. The smallest absolute Gasteiger partial charge is 0.0473 e. The zero-order valence-electron chi connectivity index (χ0n) is 8.48. The molecule has 0 fully saturated rings. The maximum Gasteiger partial charge on any atom is 0.0473 e. The minimum atomic E-state index is 0.846. The molecule has 0 saturated heterocycles. The zero-order chi connectivity index (χ0) is 10.1. The molecule has 0 aliphatic carbocycles. The predicted molar refractivity (Wildman–Crippen MR) is 64.1 cm³/mol. The first-order valence-corrected chi connectivity index (χ1v) is 5.79. The summed E-state index contributed by atoms with van der Waals surface area (Å²) in [6.07, 6.45) is 3.27. The van der Waals surface area contributed by atoms with Crippen LogP contribution in [0.2, 0.25) is 0 Å². The monoisotopic (exact) mass is 210 g/mol. The van der Waals surface area contributed by atoms with E-state index in [2.05, 4.69) is 36.9 Å². The van der Waals surface area contributed by atoms with Gasteiger partial charge in [0.05, 0.1) is 0 Å². The first kappa shape index (κ1) is 11.6. The molecule has 1 nitrogen and oxygen atoms in total. The Balaban J connectivity index is 1.99. The first-order valence-electron chi connectivity index (χ1n) is 5.16. The normalized spacial score (nSPS) is 10.4. The molecule has 0 unspecified atom stereocenters. The summed E-state index contributed by atoms with van der Waals surface area (Å²) < 4.78 is 5.45. The van der Waals surface area contributed by atoms with Gasteiger partial charge in [0, 0.05) is 13.2 Å². The predicted octanol–water partition coefficient (Wildman–Crippen LogP) is 2.96. The third-order valence-corrected chi connectivity index (χ3v) is 2.36. The van der Waals surface area contributed by atoms with Gasteiger partial charge < -0.3 is 4.74 Å². The molecule has 0 heterocycles. The highest BCUT2D eigenvalue weighted by Crippen LogP contribution is 2.02. The van der Waals surface area contributed by atoms with Crippen molar-refractivity contribution in [1.29, 1.82) is 0 Å². The summed E-state index contributed by atoms with van der Waals surface area (Å²) >= 11 is 4.12. The van der Waals surface area contributed by atoms with Crippen molar-refractivity contribution in [2.24, 2.45) is 0 Å². The van der Waals surface area contributed by atoms with Crippen molar-refractivity contribution >= 4 is 12.6 Å². The lowest BCUT2D eigenvalue weighted by atomic mass is 10.1. The van der Waals surface area contributed by atoms with Crippen molar-refractivity contribution in [1.82, 2.24) is 0 Å². The molecule has 0 N–H and O–H groups in total. The molecule has 1 aromatic rings. The van der Waals surface area contributed by atoms with Crippen LogP contribution >= 0.6 is 12.6 Å². The van der Waals surface area contributed by atoms with Crippen LogP contribution in [-0.2, 0) is 11.2 Å². The molecule has 0 aromatic heterocycles. The lowest BCUT2D eigenvalue weighted by Gasteiger charge is -2.03. The van der Waals surface area contributed by atoms with Gasteiger partial charge in [-0.2, -0.15) is 12.6 Å². The molecule has 0 amide bonds. The summed E-state index contributed by atoms with van der Waals surface area (Å²) in [7, 11) is 0. The molecule has 1 aromatic carbocycles. The standard InChI is InChI=1S/C12H18OS/c14-11-5-10-13-9-4-8-12-6-2-1-3-7-12/h1-3,6-7,14H,4-5,8-11H2. The van der Waals surface area contributed by atoms with Crippen LogP contribution in [0.5, 0.6) is 0 Å². The van der Waals surface area contributed by atoms with Crippen LogP contribution < -0.4 is 0 Å². The summed E-state index contributed by atoms with van der Waals surface area (Å²) in [6.45, 7) is 1.71. The van der Waals surface area contributed by atoms with Gasteiger partial charge in [-0.25, -0.2) is 0 Å². The number of benzene rings is 1. The van der Waals surface area contributed by atoms with Crippen molar-refractivity contribution in [3.05, 3.63) is 35.9 Å². The van der Waals surface area contributed by atoms with Crippen molar-refractivity contribution in [2.45, 2.75) is 19.3 Å². The Bertz CT molecular complexity index is 223. The number of rotatable bonds is 7. The van der Waals surface area contributed by atoms with Gasteiger partial charge >= 0.3 is 0 Å². The number of aryl methyl sites for hydroxylation is 1. The van der Waals surface area contributed by atoms with E-state index in [1.807, 2.05) is 6.07 Å². The molecule has 0 radical (unpaired) electrons. The van der Waals surface area contributed by atoms with Gasteiger partial charge in [0.2, 0.25) is 0 Å². The molecule has 2 heteroatoms. The molecular formula is C12H18OS. The Morgan fingerprint density at radius 1 is 1.00 bits per heavy atom. The SMILES string of the molecule is SCCCOCCCc1ccccc1. The molecule has 0 atom stereocenters. The van der Waals surface area contributed by atoms with Crippen LogP contribution in [0.15, 0.2) is 30.3 Å². The van der Waals surface area contributed by atoms with Crippen LogP contribution in [0.25, 0.3) is 0 Å². The zero-order valence-corrected chi connectivity index (χ0v) is 9.38. The van der Waals surface area contributed by atoms with E-state index in [9.17, 15) is 0 Å². The van der Waals surface area contributed by atoms with Crippen LogP contribution in [0, 0.1) is 0 Å². The van der Waals surface area contributed by atoms with Crippen molar-refractivity contribution in [2.75, 3.05) is 19.0 Å². The average molecular weight is 210 g/mol. The minimum absolute atomic E-state index is 0.846. The topological polar surface area (TPSA) is 9.23 Å². The van der Waals surface area contributed by atoms with Gasteiger partial charge in [-0.05, 0) is 30.6 Å². The second-order valence-corrected chi connectivity index (χ2v) is 3.73. The van der Waals surface area contributed by atoms with Crippen molar-refractivity contribution < 1.29 is 4.74 Å². The maximum atomic E-state index is 5.45. The summed E-state index contributed by atoms with van der Waals surface area (Å²) in [5.74, 6) is 0.915. The highest BCUT2D eigenvalue weighted by Gasteiger charge is 1.92. The van der Waals surface area contributed by atoms with Gasteiger partial charge in [0.1, 0.15) is 0 Å². The van der Waals surface area contributed by atoms with Gasteiger partial charge in [0.15, 0.2) is 0 Å². The molecule has 0 spiro atoms. The molecule has 0 aliphatic rings. The first-order chi connectivity index (χ1) is 6.93. The van der Waals surface area contributed by atoms with Gasteiger partial charge in [-0.15, -0.1) is 0 Å². The highest BCUT2D eigenvalue weighted by atomic mass is 32.1. The van der Waals surface area contributed by atoms with E-state index in [4.69, 9.17) is 4.74 Å². The third kappa shape index (κ3) is 5.30. The van der Waals surface area contributed by atoms with E-state index in [1.54, 1.807) is 0 Å². The third-order valence-electron chi connectivity index (χ3n) is 2.04. The van der Waals surface area contributed by atoms with Gasteiger partial charge in [0.25, 0.3) is 0 Å². The molecule has 0 saturated carbocycles. The molecule has 1 rings (SSSR count). The highest BCUT2D eigenvalue weighted by molar-refractivity contribution is 7.80. The largest absolute Gasteiger partial charge is 0.381 e. The second kappa shape index (κ2) is 7.89. The average Bonchev–Trinajstić information content (AvgIpc) is 2.25. The fourth-order valence-corrected chi connectivity index (χ4v) is 1.42. The van der Waals surface area contributed by atoms with Gasteiger partial charge in [-0.3, -0.25) is 0 Å². The molecule has 78 valence electrons.